The Kier molecular flexibility index (Phi) is 4.42. The van der Waals surface area contributed by atoms with Crippen molar-refractivity contribution in [1.82, 2.24) is 4.90 Å². The monoisotopic (exact) mass is 250 g/mol. The number of ether oxygens (including phenoxy) is 1. The van der Waals surface area contributed by atoms with Gasteiger partial charge in [0.2, 0.25) is 0 Å². The van der Waals surface area contributed by atoms with Crippen LogP contribution in [0.3, 0.4) is 0 Å². The normalized spacial score (nSPS) is 10.4. The Bertz CT molecular complexity index is 495. The molecule has 0 amide bonds. The highest BCUT2D eigenvalue weighted by atomic mass is 16.6. The highest BCUT2D eigenvalue weighted by Gasteiger charge is 2.14. The van der Waals surface area contributed by atoms with E-state index in [2.05, 4.69) is 0 Å². The maximum absolute atomic E-state index is 11.8. The number of carbonyl (C=O) groups excluding carboxylic acids is 1. The average molecular weight is 250 g/mol. The summed E-state index contributed by atoms with van der Waals surface area (Å²) in [7, 11) is 4.94. The van der Waals surface area contributed by atoms with Crippen molar-refractivity contribution in [2.45, 2.75) is 0 Å². The first-order chi connectivity index (χ1) is 8.45. The van der Waals surface area contributed by atoms with Gasteiger partial charge in [0, 0.05) is 32.4 Å². The molecule has 1 rings (SSSR count). The minimum atomic E-state index is -0.535. The number of hydrogen-bond acceptors (Lipinski definition) is 5. The molecule has 0 aliphatic rings. The zero-order chi connectivity index (χ0) is 13.7. The molecule has 0 spiro atoms. The molecule has 0 bridgehead atoms. The third kappa shape index (κ3) is 3.31. The summed E-state index contributed by atoms with van der Waals surface area (Å²) < 4.78 is 4.99. The molecule has 0 saturated carbocycles. The SMILES string of the molecule is COc1cc([N+](=O)[O-])ccc1C(=O)/C=C/N(C)C. The van der Waals surface area contributed by atoms with Gasteiger partial charge in [-0.05, 0) is 6.07 Å². The average Bonchev–Trinajstić information content (AvgIpc) is 2.34. The topological polar surface area (TPSA) is 72.7 Å². The van der Waals surface area contributed by atoms with Gasteiger partial charge >= 0.3 is 0 Å². The molecule has 0 saturated heterocycles. The second-order valence-electron chi connectivity index (χ2n) is 3.79. The minimum absolute atomic E-state index is 0.111. The molecule has 0 atom stereocenters. The van der Waals surface area contributed by atoms with Gasteiger partial charge in [-0.2, -0.15) is 0 Å². The Balaban J connectivity index is 3.09. The molecule has 0 aliphatic carbocycles. The maximum atomic E-state index is 11.8. The van der Waals surface area contributed by atoms with E-state index < -0.39 is 4.92 Å². The van der Waals surface area contributed by atoms with E-state index in [1.54, 1.807) is 25.2 Å². The largest absolute Gasteiger partial charge is 0.496 e. The molecule has 1 aromatic carbocycles. The number of ketones is 1. The van der Waals surface area contributed by atoms with Crippen LogP contribution in [0.25, 0.3) is 0 Å². The molecule has 0 N–H and O–H groups in total. The lowest BCUT2D eigenvalue weighted by Gasteiger charge is -2.06. The van der Waals surface area contributed by atoms with Crippen LogP contribution in [0, 0.1) is 10.1 Å². The molecule has 0 radical (unpaired) electrons. The number of rotatable bonds is 5. The van der Waals surface area contributed by atoms with E-state index in [4.69, 9.17) is 4.74 Å². The van der Waals surface area contributed by atoms with Gasteiger partial charge in [0.15, 0.2) is 5.78 Å². The van der Waals surface area contributed by atoms with Crippen LogP contribution in [0.2, 0.25) is 0 Å². The van der Waals surface area contributed by atoms with Crippen molar-refractivity contribution < 1.29 is 14.5 Å². The Labute approximate surface area is 105 Å². The summed E-state index contributed by atoms with van der Waals surface area (Å²) in [5.74, 6) is -0.0759. The zero-order valence-electron chi connectivity index (χ0n) is 10.4. The van der Waals surface area contributed by atoms with Crippen LogP contribution in [-0.4, -0.2) is 36.8 Å². The Morgan fingerprint density at radius 3 is 2.61 bits per heavy atom. The molecule has 0 fully saturated rings. The van der Waals surface area contributed by atoms with Crippen molar-refractivity contribution >= 4 is 11.5 Å². The summed E-state index contributed by atoms with van der Waals surface area (Å²) in [6, 6.07) is 3.90. The van der Waals surface area contributed by atoms with Gasteiger partial charge in [-0.1, -0.05) is 0 Å². The van der Waals surface area contributed by atoms with Gasteiger partial charge in [-0.3, -0.25) is 14.9 Å². The van der Waals surface area contributed by atoms with Crippen molar-refractivity contribution in [3.63, 3.8) is 0 Å². The van der Waals surface area contributed by atoms with E-state index in [1.807, 2.05) is 0 Å². The van der Waals surface area contributed by atoms with Gasteiger partial charge in [0.1, 0.15) is 5.75 Å². The molecule has 6 heteroatoms. The fraction of sp³-hybridized carbons (Fsp3) is 0.250. The summed E-state index contributed by atoms with van der Waals surface area (Å²) in [6.07, 6.45) is 2.98. The van der Waals surface area contributed by atoms with Gasteiger partial charge in [-0.25, -0.2) is 0 Å². The number of allylic oxidation sites excluding steroid dienone is 1. The smallest absolute Gasteiger partial charge is 0.273 e. The summed E-state index contributed by atoms with van der Waals surface area (Å²) >= 11 is 0. The van der Waals surface area contributed by atoms with Crippen molar-refractivity contribution in [1.29, 1.82) is 0 Å². The molecular weight excluding hydrogens is 236 g/mol. The molecule has 0 aromatic heterocycles. The Hall–Kier alpha value is -2.37. The quantitative estimate of drug-likeness (QED) is 0.345. The minimum Gasteiger partial charge on any atom is -0.496 e. The zero-order valence-corrected chi connectivity index (χ0v) is 10.4. The van der Waals surface area contributed by atoms with Crippen LogP contribution in [0.15, 0.2) is 30.5 Å². The predicted molar refractivity (Wildman–Crippen MR) is 66.8 cm³/mol. The molecule has 96 valence electrons. The summed E-state index contributed by atoms with van der Waals surface area (Å²) in [5.41, 5.74) is 0.182. The fourth-order valence-corrected chi connectivity index (χ4v) is 1.30. The molecule has 0 unspecified atom stereocenters. The standard InChI is InChI=1S/C12H14N2O4/c1-13(2)7-6-11(15)10-5-4-9(14(16)17)8-12(10)18-3/h4-8H,1-3H3/b7-6+. The van der Waals surface area contributed by atoms with Crippen molar-refractivity contribution in [2.75, 3.05) is 21.2 Å². The fourth-order valence-electron chi connectivity index (χ4n) is 1.30. The number of hydrogen-bond donors (Lipinski definition) is 0. The second-order valence-corrected chi connectivity index (χ2v) is 3.79. The molecule has 6 nitrogen and oxygen atoms in total. The van der Waals surface area contributed by atoms with E-state index in [0.29, 0.717) is 5.56 Å². The second kappa shape index (κ2) is 5.81. The number of non-ortho nitro benzene ring substituents is 1. The molecule has 1 aromatic rings. The van der Waals surface area contributed by atoms with Crippen LogP contribution >= 0.6 is 0 Å². The number of nitrogens with zero attached hydrogens (tertiary/aromatic N) is 2. The third-order valence-corrected chi connectivity index (χ3v) is 2.19. The Morgan fingerprint density at radius 2 is 2.11 bits per heavy atom. The lowest BCUT2D eigenvalue weighted by molar-refractivity contribution is -0.384. The van der Waals surface area contributed by atoms with Crippen LogP contribution in [0.5, 0.6) is 5.75 Å². The number of nitro benzene ring substituents is 1. The summed E-state index contributed by atoms with van der Waals surface area (Å²) in [4.78, 5) is 23.6. The number of nitro groups is 1. The first-order valence-electron chi connectivity index (χ1n) is 5.17. The third-order valence-electron chi connectivity index (χ3n) is 2.19. The predicted octanol–water partition coefficient (Wildman–Crippen LogP) is 1.86. The first-order valence-corrected chi connectivity index (χ1v) is 5.17. The lowest BCUT2D eigenvalue weighted by atomic mass is 10.1. The Morgan fingerprint density at radius 1 is 1.44 bits per heavy atom. The highest BCUT2D eigenvalue weighted by molar-refractivity contribution is 6.06. The maximum Gasteiger partial charge on any atom is 0.273 e. The molecule has 0 aliphatic heterocycles. The first kappa shape index (κ1) is 13.7. The van der Waals surface area contributed by atoms with Crippen LogP contribution in [0.4, 0.5) is 5.69 Å². The van der Waals surface area contributed by atoms with E-state index in [-0.39, 0.29) is 17.2 Å². The lowest BCUT2D eigenvalue weighted by Crippen LogP contribution is -2.04. The van der Waals surface area contributed by atoms with Crippen molar-refractivity contribution in [2.24, 2.45) is 0 Å². The summed E-state index contributed by atoms with van der Waals surface area (Å²) in [6.45, 7) is 0. The van der Waals surface area contributed by atoms with Crippen LogP contribution in [0.1, 0.15) is 10.4 Å². The van der Waals surface area contributed by atoms with Gasteiger partial charge in [0.25, 0.3) is 5.69 Å². The van der Waals surface area contributed by atoms with E-state index >= 15 is 0 Å². The van der Waals surface area contributed by atoms with E-state index in [0.717, 1.165) is 0 Å². The van der Waals surface area contributed by atoms with E-state index in [9.17, 15) is 14.9 Å². The van der Waals surface area contributed by atoms with Crippen LogP contribution in [-0.2, 0) is 0 Å². The van der Waals surface area contributed by atoms with Crippen molar-refractivity contribution in [3.05, 3.63) is 46.2 Å². The van der Waals surface area contributed by atoms with Gasteiger partial charge < -0.3 is 9.64 Å². The number of benzene rings is 1. The number of methoxy groups -OCH3 is 1. The highest BCUT2D eigenvalue weighted by Crippen LogP contribution is 2.25. The van der Waals surface area contributed by atoms with Crippen molar-refractivity contribution in [3.8, 4) is 5.75 Å². The molecule has 0 heterocycles. The summed E-state index contributed by atoms with van der Waals surface area (Å²) in [5, 5.41) is 10.6. The molecule has 18 heavy (non-hydrogen) atoms. The molecular formula is C12H14N2O4. The number of carbonyl (C=O) groups is 1. The van der Waals surface area contributed by atoms with E-state index in [1.165, 1.54) is 31.4 Å². The van der Waals surface area contributed by atoms with Crippen LogP contribution < -0.4 is 4.74 Å². The van der Waals surface area contributed by atoms with Gasteiger partial charge in [-0.15, -0.1) is 0 Å². The van der Waals surface area contributed by atoms with Gasteiger partial charge in [0.05, 0.1) is 23.7 Å².